The number of nitrogens with zero attached hydrogens (tertiary/aromatic N) is 5. The van der Waals surface area contributed by atoms with Crippen molar-refractivity contribution in [2.45, 2.75) is 32.4 Å². The number of hydrogen-bond donors (Lipinski definition) is 1. The van der Waals surface area contributed by atoms with Crippen molar-refractivity contribution >= 4 is 17.6 Å². The Morgan fingerprint density at radius 3 is 2.48 bits per heavy atom. The van der Waals surface area contributed by atoms with E-state index in [-0.39, 0.29) is 24.5 Å². The van der Waals surface area contributed by atoms with Gasteiger partial charge in [-0.15, -0.1) is 0 Å². The van der Waals surface area contributed by atoms with Crippen LogP contribution in [-0.4, -0.2) is 38.7 Å². The molecule has 1 N–H and O–H groups in total. The Morgan fingerprint density at radius 2 is 1.79 bits per heavy atom. The predicted molar refractivity (Wildman–Crippen MR) is 112 cm³/mol. The number of fused-ring (bicyclic) bond motifs is 1. The summed E-state index contributed by atoms with van der Waals surface area (Å²) in [5.41, 5.74) is 3.01. The van der Waals surface area contributed by atoms with E-state index in [1.54, 1.807) is 4.68 Å². The molecule has 4 rings (SSSR count). The minimum atomic E-state index is -0.148. The van der Waals surface area contributed by atoms with Crippen molar-refractivity contribution in [3.8, 4) is 0 Å². The minimum absolute atomic E-state index is 0.0612. The largest absolute Gasteiger partial charge is 0.352 e. The fraction of sp³-hybridized carbons (Fsp3) is 0.273. The molecule has 1 aromatic heterocycles. The van der Waals surface area contributed by atoms with Crippen molar-refractivity contribution in [3.63, 3.8) is 0 Å². The van der Waals surface area contributed by atoms with E-state index in [2.05, 4.69) is 39.1 Å². The molecule has 0 fully saturated rings. The van der Waals surface area contributed by atoms with Crippen LogP contribution in [0.5, 0.6) is 0 Å². The quantitative estimate of drug-likeness (QED) is 0.702. The fourth-order valence-electron chi connectivity index (χ4n) is 3.44. The lowest BCUT2D eigenvalue weighted by Crippen LogP contribution is -2.42. The third-order valence-corrected chi connectivity index (χ3v) is 5.12. The van der Waals surface area contributed by atoms with Crippen LogP contribution in [0.1, 0.15) is 37.4 Å². The smallest absolute Gasteiger partial charge is 0.251 e. The van der Waals surface area contributed by atoms with Crippen molar-refractivity contribution in [2.24, 2.45) is 0 Å². The summed E-state index contributed by atoms with van der Waals surface area (Å²) in [5, 5.41) is 15.4. The Kier molecular flexibility index (Phi) is 5.37. The van der Waals surface area contributed by atoms with Gasteiger partial charge in [-0.1, -0.05) is 72.7 Å². The van der Waals surface area contributed by atoms with Gasteiger partial charge < -0.3 is 5.32 Å². The van der Waals surface area contributed by atoms with E-state index >= 15 is 0 Å². The molecule has 0 saturated carbocycles. The van der Waals surface area contributed by atoms with Gasteiger partial charge in [0.1, 0.15) is 12.6 Å². The van der Waals surface area contributed by atoms with Gasteiger partial charge in [0, 0.05) is 6.04 Å². The van der Waals surface area contributed by atoms with E-state index in [0.717, 1.165) is 23.2 Å². The van der Waals surface area contributed by atoms with Gasteiger partial charge in [0.2, 0.25) is 5.91 Å². The van der Waals surface area contributed by atoms with Crippen LogP contribution in [0.4, 0.5) is 5.95 Å². The van der Waals surface area contributed by atoms with Crippen molar-refractivity contribution in [1.82, 2.24) is 25.5 Å². The van der Waals surface area contributed by atoms with Gasteiger partial charge in [0.05, 0.1) is 5.70 Å². The van der Waals surface area contributed by atoms with Crippen LogP contribution in [0.2, 0.25) is 0 Å². The highest BCUT2D eigenvalue weighted by atomic mass is 16.2. The Hall–Kier alpha value is -3.48. The molecule has 1 amide bonds. The molecule has 0 saturated heterocycles. The second-order valence-electron chi connectivity index (χ2n) is 7.16. The molecule has 2 aromatic carbocycles. The Morgan fingerprint density at radius 1 is 1.10 bits per heavy atom. The summed E-state index contributed by atoms with van der Waals surface area (Å²) in [4.78, 5) is 14.6. The van der Waals surface area contributed by atoms with Crippen molar-refractivity contribution in [2.75, 3.05) is 11.4 Å². The van der Waals surface area contributed by atoms with Crippen LogP contribution >= 0.6 is 0 Å². The highest BCUT2D eigenvalue weighted by Crippen LogP contribution is 2.35. The van der Waals surface area contributed by atoms with Crippen LogP contribution in [0.25, 0.3) is 5.70 Å². The SMILES string of the molecule is CC[C@@H](C)NC(=O)CN1C(c2ccccc2)=C[C@@H](c2ccccc2)n2nnnc21. The number of allylic oxidation sites excluding steroid dienone is 1. The topological polar surface area (TPSA) is 75.9 Å². The number of carbonyl (C=O) groups is 1. The number of anilines is 1. The molecule has 148 valence electrons. The number of tetrazole rings is 1. The van der Waals surface area contributed by atoms with Crippen molar-refractivity contribution < 1.29 is 4.79 Å². The average molecular weight is 388 g/mol. The van der Waals surface area contributed by atoms with Crippen molar-refractivity contribution in [3.05, 3.63) is 77.9 Å². The van der Waals surface area contributed by atoms with Gasteiger partial charge >= 0.3 is 0 Å². The lowest BCUT2D eigenvalue weighted by molar-refractivity contribution is -0.120. The fourth-order valence-corrected chi connectivity index (χ4v) is 3.44. The highest BCUT2D eigenvalue weighted by molar-refractivity contribution is 5.89. The summed E-state index contributed by atoms with van der Waals surface area (Å²) in [6.45, 7) is 4.19. The average Bonchev–Trinajstić information content (AvgIpc) is 3.25. The summed E-state index contributed by atoms with van der Waals surface area (Å²) in [7, 11) is 0. The maximum atomic E-state index is 12.7. The molecule has 0 spiro atoms. The monoisotopic (exact) mass is 388 g/mol. The zero-order valence-corrected chi connectivity index (χ0v) is 16.6. The number of hydrogen-bond acceptors (Lipinski definition) is 5. The summed E-state index contributed by atoms with van der Waals surface area (Å²) in [6, 6.07) is 20.1. The molecule has 0 radical (unpaired) electrons. The third kappa shape index (κ3) is 3.89. The zero-order chi connectivity index (χ0) is 20.2. The van der Waals surface area contributed by atoms with Crippen LogP contribution in [0, 0.1) is 0 Å². The summed E-state index contributed by atoms with van der Waals surface area (Å²) in [5.74, 6) is 0.494. The molecule has 1 aliphatic rings. The third-order valence-electron chi connectivity index (χ3n) is 5.12. The highest BCUT2D eigenvalue weighted by Gasteiger charge is 2.31. The molecular weight excluding hydrogens is 364 g/mol. The zero-order valence-electron chi connectivity index (χ0n) is 16.6. The van der Waals surface area contributed by atoms with E-state index in [0.29, 0.717) is 5.95 Å². The van der Waals surface area contributed by atoms with Crippen LogP contribution in [0.3, 0.4) is 0 Å². The molecule has 0 unspecified atom stereocenters. The van der Waals surface area contributed by atoms with Crippen LogP contribution in [0.15, 0.2) is 66.7 Å². The maximum absolute atomic E-state index is 12.7. The summed E-state index contributed by atoms with van der Waals surface area (Å²) >= 11 is 0. The number of carbonyl (C=O) groups excluding carboxylic acids is 1. The first-order valence-corrected chi connectivity index (χ1v) is 9.84. The summed E-state index contributed by atoms with van der Waals surface area (Å²) in [6.07, 6.45) is 2.99. The number of amides is 1. The molecule has 2 atom stereocenters. The molecule has 29 heavy (non-hydrogen) atoms. The Balaban J connectivity index is 1.76. The molecular formula is C22H24N6O. The number of aromatic nitrogens is 4. The van der Waals surface area contributed by atoms with E-state index in [1.807, 2.05) is 67.3 Å². The Bertz CT molecular complexity index is 998. The molecule has 7 heteroatoms. The van der Waals surface area contributed by atoms with Gasteiger partial charge in [-0.2, -0.15) is 4.68 Å². The number of rotatable bonds is 6. The molecule has 7 nitrogen and oxygen atoms in total. The first kappa shape index (κ1) is 18.9. The number of nitrogens with one attached hydrogen (secondary N) is 1. The van der Waals surface area contributed by atoms with E-state index < -0.39 is 0 Å². The second kappa shape index (κ2) is 8.26. The summed E-state index contributed by atoms with van der Waals surface area (Å²) < 4.78 is 1.76. The normalized spacial score (nSPS) is 16.7. The van der Waals surface area contributed by atoms with E-state index in [9.17, 15) is 4.79 Å². The van der Waals surface area contributed by atoms with Crippen LogP contribution < -0.4 is 10.2 Å². The van der Waals surface area contributed by atoms with Gasteiger partial charge in [-0.05, 0) is 41.0 Å². The minimum Gasteiger partial charge on any atom is -0.352 e. The lowest BCUT2D eigenvalue weighted by atomic mass is 10.0. The lowest BCUT2D eigenvalue weighted by Gasteiger charge is -2.32. The van der Waals surface area contributed by atoms with Gasteiger partial charge in [0.15, 0.2) is 0 Å². The van der Waals surface area contributed by atoms with Gasteiger partial charge in [0.25, 0.3) is 5.95 Å². The second-order valence-corrected chi connectivity index (χ2v) is 7.16. The Labute approximate surface area is 170 Å². The molecule has 3 aromatic rings. The molecule has 2 heterocycles. The first-order valence-electron chi connectivity index (χ1n) is 9.84. The van der Waals surface area contributed by atoms with E-state index in [1.165, 1.54) is 0 Å². The molecule has 1 aliphatic heterocycles. The van der Waals surface area contributed by atoms with Crippen LogP contribution in [-0.2, 0) is 4.79 Å². The standard InChI is InChI=1S/C22H24N6O/c1-3-16(2)23-21(29)15-27-19(17-10-6-4-7-11-17)14-20(18-12-8-5-9-13-18)28-22(27)24-25-26-28/h4-14,16,20H,3,15H2,1-2H3,(H,23,29)/t16-,20+/m1/s1. The van der Waals surface area contributed by atoms with E-state index in [4.69, 9.17) is 0 Å². The maximum Gasteiger partial charge on any atom is 0.251 e. The van der Waals surface area contributed by atoms with Gasteiger partial charge in [-0.3, -0.25) is 9.69 Å². The molecule has 0 bridgehead atoms. The predicted octanol–water partition coefficient (Wildman–Crippen LogP) is 3.04. The first-order chi connectivity index (χ1) is 14.2. The number of benzene rings is 2. The van der Waals surface area contributed by atoms with Gasteiger partial charge in [-0.25, -0.2) is 0 Å². The van der Waals surface area contributed by atoms with Crippen molar-refractivity contribution in [1.29, 1.82) is 0 Å². The molecule has 0 aliphatic carbocycles.